The molecular formula is C15H20O3. The Morgan fingerprint density at radius 1 is 1.06 bits per heavy atom. The Balaban J connectivity index is 1.89. The van der Waals surface area contributed by atoms with E-state index in [2.05, 4.69) is 0 Å². The normalized spacial score (nSPS) is 30.7. The highest BCUT2D eigenvalue weighted by molar-refractivity contribution is 5.46. The largest absolute Gasteiger partial charge is 0.496 e. The number of hydrogen-bond acceptors (Lipinski definition) is 3. The van der Waals surface area contributed by atoms with Crippen LogP contribution in [-0.2, 0) is 0 Å². The van der Waals surface area contributed by atoms with Crippen LogP contribution in [0.3, 0.4) is 0 Å². The van der Waals surface area contributed by atoms with Gasteiger partial charge in [-0.05, 0) is 49.1 Å². The summed E-state index contributed by atoms with van der Waals surface area (Å²) in [5.74, 6) is 3.54. The fourth-order valence-corrected chi connectivity index (χ4v) is 3.43. The second-order valence-corrected chi connectivity index (χ2v) is 5.51. The van der Waals surface area contributed by atoms with Gasteiger partial charge in [-0.3, -0.25) is 0 Å². The van der Waals surface area contributed by atoms with Crippen LogP contribution in [0, 0.1) is 17.8 Å². The van der Waals surface area contributed by atoms with Crippen molar-refractivity contribution in [2.45, 2.75) is 25.4 Å². The molecule has 0 radical (unpaired) electrons. The lowest BCUT2D eigenvalue weighted by Gasteiger charge is -2.23. The molecule has 2 aliphatic carbocycles. The van der Waals surface area contributed by atoms with E-state index in [-0.39, 0.29) is 0 Å². The lowest BCUT2D eigenvalue weighted by atomic mass is 9.90. The molecule has 0 heterocycles. The van der Waals surface area contributed by atoms with Gasteiger partial charge >= 0.3 is 0 Å². The maximum atomic E-state index is 10.6. The van der Waals surface area contributed by atoms with Gasteiger partial charge in [0.15, 0.2) is 0 Å². The molecule has 0 amide bonds. The van der Waals surface area contributed by atoms with Crippen molar-refractivity contribution in [3.63, 3.8) is 0 Å². The third-order valence-electron chi connectivity index (χ3n) is 4.49. The number of rotatable bonds is 4. The van der Waals surface area contributed by atoms with Crippen molar-refractivity contribution in [3.8, 4) is 11.5 Å². The average molecular weight is 248 g/mol. The van der Waals surface area contributed by atoms with Crippen molar-refractivity contribution in [2.24, 2.45) is 17.8 Å². The average Bonchev–Trinajstić information content (AvgIpc) is 3.03. The van der Waals surface area contributed by atoms with Crippen molar-refractivity contribution in [1.82, 2.24) is 0 Å². The number of ether oxygens (including phenoxy) is 2. The molecule has 1 N–H and O–H groups in total. The van der Waals surface area contributed by atoms with Crippen molar-refractivity contribution in [3.05, 3.63) is 23.8 Å². The SMILES string of the molecule is COc1cccc(OC)c1C(O)C1CC2CC2C1. The fourth-order valence-electron chi connectivity index (χ4n) is 3.43. The molecule has 0 aromatic heterocycles. The molecule has 98 valence electrons. The van der Waals surface area contributed by atoms with Gasteiger partial charge in [-0.25, -0.2) is 0 Å². The summed E-state index contributed by atoms with van der Waals surface area (Å²) in [7, 11) is 3.27. The number of fused-ring (bicyclic) bond motifs is 1. The van der Waals surface area contributed by atoms with Crippen molar-refractivity contribution in [2.75, 3.05) is 14.2 Å². The van der Waals surface area contributed by atoms with Gasteiger partial charge in [0.2, 0.25) is 0 Å². The molecule has 0 spiro atoms. The summed E-state index contributed by atoms with van der Waals surface area (Å²) in [6, 6.07) is 5.66. The summed E-state index contributed by atoms with van der Waals surface area (Å²) in [6.45, 7) is 0. The fraction of sp³-hybridized carbons (Fsp3) is 0.600. The van der Waals surface area contributed by atoms with E-state index in [4.69, 9.17) is 9.47 Å². The molecular weight excluding hydrogens is 228 g/mol. The Morgan fingerprint density at radius 3 is 2.11 bits per heavy atom. The van der Waals surface area contributed by atoms with E-state index in [9.17, 15) is 5.11 Å². The van der Waals surface area contributed by atoms with Crippen LogP contribution in [0.2, 0.25) is 0 Å². The quantitative estimate of drug-likeness (QED) is 0.890. The van der Waals surface area contributed by atoms with Gasteiger partial charge < -0.3 is 14.6 Å². The van der Waals surface area contributed by atoms with E-state index >= 15 is 0 Å². The second kappa shape index (κ2) is 4.47. The summed E-state index contributed by atoms with van der Waals surface area (Å²) >= 11 is 0. The van der Waals surface area contributed by atoms with Gasteiger partial charge in [-0.15, -0.1) is 0 Å². The lowest BCUT2D eigenvalue weighted by molar-refractivity contribution is 0.0986. The predicted octanol–water partition coefficient (Wildman–Crippen LogP) is 2.78. The van der Waals surface area contributed by atoms with Gasteiger partial charge in [-0.2, -0.15) is 0 Å². The molecule has 3 unspecified atom stereocenters. The molecule has 3 nitrogen and oxygen atoms in total. The molecule has 2 aliphatic rings. The zero-order valence-electron chi connectivity index (χ0n) is 10.9. The molecule has 2 fully saturated rings. The molecule has 1 aromatic carbocycles. The van der Waals surface area contributed by atoms with Crippen LogP contribution in [0.1, 0.15) is 30.9 Å². The molecule has 3 rings (SSSR count). The topological polar surface area (TPSA) is 38.7 Å². The van der Waals surface area contributed by atoms with Gasteiger partial charge in [0, 0.05) is 0 Å². The Kier molecular flexibility index (Phi) is 2.94. The Labute approximate surface area is 108 Å². The summed E-state index contributed by atoms with van der Waals surface area (Å²) in [5.41, 5.74) is 0.814. The maximum absolute atomic E-state index is 10.6. The Hall–Kier alpha value is -1.22. The molecule has 1 aromatic rings. The minimum atomic E-state index is -0.469. The van der Waals surface area contributed by atoms with E-state index in [0.29, 0.717) is 5.92 Å². The molecule has 3 atom stereocenters. The van der Waals surface area contributed by atoms with Gasteiger partial charge in [-0.1, -0.05) is 6.07 Å². The van der Waals surface area contributed by atoms with Gasteiger partial charge in [0.1, 0.15) is 11.5 Å². The maximum Gasteiger partial charge on any atom is 0.128 e. The molecule has 0 bridgehead atoms. The summed E-state index contributed by atoms with van der Waals surface area (Å²) < 4.78 is 10.7. The summed E-state index contributed by atoms with van der Waals surface area (Å²) in [5, 5.41) is 10.6. The smallest absolute Gasteiger partial charge is 0.128 e. The van der Waals surface area contributed by atoms with Crippen molar-refractivity contribution in [1.29, 1.82) is 0 Å². The molecule has 2 saturated carbocycles. The zero-order valence-corrected chi connectivity index (χ0v) is 10.9. The standard InChI is InChI=1S/C15H20O3/c1-17-12-4-3-5-13(18-2)14(12)15(16)11-7-9-6-10(9)8-11/h3-5,9-11,15-16H,6-8H2,1-2H3. The van der Waals surface area contributed by atoms with Crippen LogP contribution in [-0.4, -0.2) is 19.3 Å². The summed E-state index contributed by atoms with van der Waals surface area (Å²) in [4.78, 5) is 0. The number of aliphatic hydroxyl groups is 1. The lowest BCUT2D eigenvalue weighted by Crippen LogP contribution is -2.13. The van der Waals surface area contributed by atoms with E-state index in [1.54, 1.807) is 14.2 Å². The van der Waals surface area contributed by atoms with Crippen LogP contribution in [0.25, 0.3) is 0 Å². The van der Waals surface area contributed by atoms with Crippen LogP contribution < -0.4 is 9.47 Å². The van der Waals surface area contributed by atoms with Crippen molar-refractivity contribution < 1.29 is 14.6 Å². The first-order valence-corrected chi connectivity index (χ1v) is 6.63. The Morgan fingerprint density at radius 2 is 1.61 bits per heavy atom. The third kappa shape index (κ3) is 1.87. The van der Waals surface area contributed by atoms with Gasteiger partial charge in [0.25, 0.3) is 0 Å². The molecule has 18 heavy (non-hydrogen) atoms. The molecule has 0 aliphatic heterocycles. The minimum absolute atomic E-state index is 0.360. The first-order valence-electron chi connectivity index (χ1n) is 6.63. The number of hydrogen-bond donors (Lipinski definition) is 1. The highest BCUT2D eigenvalue weighted by atomic mass is 16.5. The highest BCUT2D eigenvalue weighted by Gasteiger charge is 2.48. The number of benzene rings is 1. The van der Waals surface area contributed by atoms with E-state index < -0.39 is 6.10 Å². The monoisotopic (exact) mass is 248 g/mol. The highest BCUT2D eigenvalue weighted by Crippen LogP contribution is 2.58. The second-order valence-electron chi connectivity index (χ2n) is 5.51. The first-order chi connectivity index (χ1) is 8.74. The van der Waals surface area contributed by atoms with Gasteiger partial charge in [0.05, 0.1) is 25.9 Å². The molecule has 3 heteroatoms. The van der Waals surface area contributed by atoms with E-state index in [1.807, 2.05) is 18.2 Å². The molecule has 0 saturated heterocycles. The van der Waals surface area contributed by atoms with E-state index in [0.717, 1.165) is 41.7 Å². The van der Waals surface area contributed by atoms with Crippen LogP contribution >= 0.6 is 0 Å². The predicted molar refractivity (Wildman–Crippen MR) is 68.8 cm³/mol. The van der Waals surface area contributed by atoms with Crippen LogP contribution in [0.15, 0.2) is 18.2 Å². The van der Waals surface area contributed by atoms with Crippen LogP contribution in [0.4, 0.5) is 0 Å². The van der Waals surface area contributed by atoms with Crippen LogP contribution in [0.5, 0.6) is 11.5 Å². The number of aliphatic hydroxyl groups excluding tert-OH is 1. The first kappa shape index (κ1) is 11.8. The zero-order chi connectivity index (χ0) is 12.7. The third-order valence-corrected chi connectivity index (χ3v) is 4.49. The Bertz CT molecular complexity index is 411. The van der Waals surface area contributed by atoms with Crippen molar-refractivity contribution >= 4 is 0 Å². The summed E-state index contributed by atoms with van der Waals surface area (Å²) in [6.07, 6.45) is 3.19. The number of methoxy groups -OCH3 is 2. The minimum Gasteiger partial charge on any atom is -0.496 e. The van der Waals surface area contributed by atoms with E-state index in [1.165, 1.54) is 6.42 Å².